The first kappa shape index (κ1) is 19.2. The molecule has 7 nitrogen and oxygen atoms in total. The van der Waals surface area contributed by atoms with E-state index in [4.69, 9.17) is 9.47 Å². The Bertz CT molecular complexity index is 1270. The molecular weight excluding hydrogens is 392 g/mol. The number of carbonyl (C=O) groups excluding carboxylic acids is 1. The van der Waals surface area contributed by atoms with E-state index in [-0.39, 0.29) is 11.9 Å². The number of carbonyl (C=O) groups is 1. The van der Waals surface area contributed by atoms with Crippen LogP contribution in [0, 0.1) is 6.92 Å². The van der Waals surface area contributed by atoms with Crippen LogP contribution >= 0.6 is 0 Å². The predicted molar refractivity (Wildman–Crippen MR) is 118 cm³/mol. The molecule has 1 aliphatic heterocycles. The Balaban J connectivity index is 1.55. The number of ether oxygens (including phenoxy) is 2. The average molecular weight is 416 g/mol. The van der Waals surface area contributed by atoms with Crippen LogP contribution in [-0.4, -0.2) is 46.8 Å². The molecule has 0 bridgehead atoms. The first-order valence-electron chi connectivity index (χ1n) is 10.2. The van der Waals surface area contributed by atoms with Gasteiger partial charge in [-0.15, -0.1) is 0 Å². The van der Waals surface area contributed by atoms with Crippen molar-refractivity contribution in [2.45, 2.75) is 19.4 Å². The lowest BCUT2D eigenvalue weighted by Gasteiger charge is -2.27. The smallest absolute Gasteiger partial charge is 0.275 e. The second-order valence-electron chi connectivity index (χ2n) is 7.73. The summed E-state index contributed by atoms with van der Waals surface area (Å²) in [6.07, 6.45) is 2.75. The van der Waals surface area contributed by atoms with E-state index in [1.54, 1.807) is 14.2 Å². The zero-order valence-corrected chi connectivity index (χ0v) is 17.7. The minimum atomic E-state index is -0.295. The van der Waals surface area contributed by atoms with E-state index in [1.165, 1.54) is 10.9 Å². The predicted octanol–water partition coefficient (Wildman–Crippen LogP) is 4.00. The second kappa shape index (κ2) is 7.50. The molecule has 0 radical (unpaired) electrons. The molecule has 1 unspecified atom stereocenters. The summed E-state index contributed by atoms with van der Waals surface area (Å²) in [6.45, 7) is 2.50. The minimum Gasteiger partial charge on any atom is -0.497 e. The molecule has 4 aromatic rings. The lowest BCUT2D eigenvalue weighted by atomic mass is 9.97. The molecule has 1 aliphatic rings. The van der Waals surface area contributed by atoms with Crippen molar-refractivity contribution >= 4 is 16.8 Å². The van der Waals surface area contributed by atoms with E-state index in [1.807, 2.05) is 48.4 Å². The molecule has 2 aromatic carbocycles. The van der Waals surface area contributed by atoms with Gasteiger partial charge in [-0.2, -0.15) is 5.10 Å². The number of para-hydroxylation sites is 1. The number of nitrogens with one attached hydrogen (secondary N) is 2. The number of rotatable bonds is 6. The van der Waals surface area contributed by atoms with Gasteiger partial charge in [-0.05, 0) is 43.2 Å². The molecule has 158 valence electrons. The first-order chi connectivity index (χ1) is 15.1. The van der Waals surface area contributed by atoms with Gasteiger partial charge in [0.05, 0.1) is 20.3 Å². The van der Waals surface area contributed by atoms with Gasteiger partial charge in [0.1, 0.15) is 11.5 Å². The van der Waals surface area contributed by atoms with Crippen molar-refractivity contribution in [2.75, 3.05) is 20.8 Å². The van der Waals surface area contributed by atoms with Gasteiger partial charge in [-0.3, -0.25) is 9.89 Å². The number of H-pyrrole nitrogens is 2. The maximum Gasteiger partial charge on any atom is 0.275 e. The Kier molecular flexibility index (Phi) is 4.66. The summed E-state index contributed by atoms with van der Waals surface area (Å²) in [7, 11) is 3.27. The minimum absolute atomic E-state index is 0.0749. The molecule has 2 N–H and O–H groups in total. The zero-order valence-electron chi connectivity index (χ0n) is 17.7. The molecule has 0 spiro atoms. The number of aromatic nitrogens is 3. The summed E-state index contributed by atoms with van der Waals surface area (Å²) < 4.78 is 11.1. The molecular formula is C24H24N4O3. The molecule has 0 saturated heterocycles. The quantitative estimate of drug-likeness (QED) is 0.498. The van der Waals surface area contributed by atoms with Crippen molar-refractivity contribution in [1.29, 1.82) is 0 Å². The van der Waals surface area contributed by atoms with Gasteiger partial charge in [-0.25, -0.2) is 0 Å². The lowest BCUT2D eigenvalue weighted by Crippen LogP contribution is -2.31. The monoisotopic (exact) mass is 416 g/mol. The third-order valence-corrected chi connectivity index (χ3v) is 6.07. The van der Waals surface area contributed by atoms with E-state index in [0.29, 0.717) is 18.0 Å². The number of hydrogen-bond acceptors (Lipinski definition) is 4. The number of nitrogens with zero attached hydrogens (tertiary/aromatic N) is 2. The zero-order chi connectivity index (χ0) is 21.5. The highest BCUT2D eigenvalue weighted by molar-refractivity contribution is 5.98. The highest BCUT2D eigenvalue weighted by Crippen LogP contribution is 2.43. The molecule has 2 aromatic heterocycles. The van der Waals surface area contributed by atoms with E-state index >= 15 is 0 Å². The summed E-state index contributed by atoms with van der Waals surface area (Å²) in [5, 5.41) is 8.46. The van der Waals surface area contributed by atoms with Crippen molar-refractivity contribution in [3.63, 3.8) is 0 Å². The maximum atomic E-state index is 13.3. The lowest BCUT2D eigenvalue weighted by molar-refractivity contribution is 0.0744. The number of amides is 1. The van der Waals surface area contributed by atoms with Gasteiger partial charge in [0.25, 0.3) is 5.91 Å². The molecule has 5 rings (SSSR count). The van der Waals surface area contributed by atoms with Crippen LogP contribution in [0.4, 0.5) is 0 Å². The van der Waals surface area contributed by atoms with Gasteiger partial charge in [-0.1, -0.05) is 18.2 Å². The number of fused-ring (bicyclic) bond motifs is 2. The van der Waals surface area contributed by atoms with Crippen LogP contribution in [0.3, 0.4) is 0 Å². The molecule has 7 heteroatoms. The summed E-state index contributed by atoms with van der Waals surface area (Å²) in [4.78, 5) is 18.5. The van der Waals surface area contributed by atoms with Gasteiger partial charge < -0.3 is 19.4 Å². The van der Waals surface area contributed by atoms with Crippen molar-refractivity contribution in [3.05, 3.63) is 76.7 Å². The summed E-state index contributed by atoms with van der Waals surface area (Å²) in [6, 6.07) is 13.6. The van der Waals surface area contributed by atoms with E-state index < -0.39 is 0 Å². The Morgan fingerprint density at radius 1 is 1.13 bits per heavy atom. The molecule has 3 heterocycles. The number of methoxy groups -OCH3 is 2. The van der Waals surface area contributed by atoms with Crippen molar-refractivity contribution < 1.29 is 14.3 Å². The van der Waals surface area contributed by atoms with Crippen molar-refractivity contribution in [3.8, 4) is 11.5 Å². The van der Waals surface area contributed by atoms with Crippen LogP contribution in [0.25, 0.3) is 10.9 Å². The fourth-order valence-electron chi connectivity index (χ4n) is 4.53. The Labute approximate surface area is 180 Å². The normalized spacial score (nSPS) is 15.5. The molecule has 0 saturated carbocycles. The number of aromatic amines is 2. The number of aryl methyl sites for hydroxylation is 1. The maximum absolute atomic E-state index is 13.3. The summed E-state index contributed by atoms with van der Waals surface area (Å²) >= 11 is 0. The number of hydrogen-bond donors (Lipinski definition) is 2. The SMILES string of the molecule is COc1ccc(OC)c(C2c3c(n[nH]c3C)C(=O)N2CCc2c[nH]c3ccccc23)c1. The topological polar surface area (TPSA) is 83.2 Å². The average Bonchev–Trinajstić information content (AvgIpc) is 3.46. The van der Waals surface area contributed by atoms with E-state index in [9.17, 15) is 4.79 Å². The van der Waals surface area contributed by atoms with Gasteiger partial charge in [0, 0.05) is 40.5 Å². The van der Waals surface area contributed by atoms with Crippen LogP contribution < -0.4 is 9.47 Å². The van der Waals surface area contributed by atoms with Gasteiger partial charge >= 0.3 is 0 Å². The van der Waals surface area contributed by atoms with Crippen LogP contribution in [0.1, 0.15) is 38.9 Å². The molecule has 0 fully saturated rings. The Hall–Kier alpha value is -3.74. The van der Waals surface area contributed by atoms with Crippen LogP contribution in [0.15, 0.2) is 48.7 Å². The fourth-order valence-corrected chi connectivity index (χ4v) is 4.53. The fraction of sp³-hybridized carbons (Fsp3) is 0.250. The Morgan fingerprint density at radius 3 is 2.77 bits per heavy atom. The van der Waals surface area contributed by atoms with E-state index in [2.05, 4.69) is 27.3 Å². The van der Waals surface area contributed by atoms with Gasteiger partial charge in [0.2, 0.25) is 0 Å². The standard InChI is InChI=1S/C24H24N4O3/c1-14-21-22(27-26-14)24(29)28(11-10-15-13-25-19-7-5-4-6-17(15)19)23(21)18-12-16(30-2)8-9-20(18)31-3/h4-9,12-13,23,25H,10-11H2,1-3H3,(H,26,27). The van der Waals surface area contributed by atoms with Crippen LogP contribution in [0.5, 0.6) is 11.5 Å². The second-order valence-corrected chi connectivity index (χ2v) is 7.73. The Morgan fingerprint density at radius 2 is 1.97 bits per heavy atom. The highest BCUT2D eigenvalue weighted by atomic mass is 16.5. The number of benzene rings is 2. The van der Waals surface area contributed by atoms with Crippen LogP contribution in [0.2, 0.25) is 0 Å². The van der Waals surface area contributed by atoms with Crippen LogP contribution in [-0.2, 0) is 6.42 Å². The molecule has 0 aliphatic carbocycles. The van der Waals surface area contributed by atoms with Crippen molar-refractivity contribution in [1.82, 2.24) is 20.1 Å². The highest BCUT2D eigenvalue weighted by Gasteiger charge is 2.42. The molecule has 1 amide bonds. The first-order valence-corrected chi connectivity index (χ1v) is 10.2. The summed E-state index contributed by atoms with van der Waals surface area (Å²) in [5.41, 5.74) is 5.43. The largest absolute Gasteiger partial charge is 0.497 e. The molecule has 1 atom stereocenters. The van der Waals surface area contributed by atoms with E-state index in [0.717, 1.165) is 34.5 Å². The molecule has 31 heavy (non-hydrogen) atoms. The summed E-state index contributed by atoms with van der Waals surface area (Å²) in [5.74, 6) is 1.35. The van der Waals surface area contributed by atoms with Crippen molar-refractivity contribution in [2.24, 2.45) is 0 Å². The van der Waals surface area contributed by atoms with Gasteiger partial charge in [0.15, 0.2) is 5.69 Å². The third-order valence-electron chi connectivity index (χ3n) is 6.07. The third kappa shape index (κ3) is 3.04.